The predicted molar refractivity (Wildman–Crippen MR) is 85.4 cm³/mol. The van der Waals surface area contributed by atoms with Crippen LogP contribution in [0.3, 0.4) is 0 Å². The maximum absolute atomic E-state index is 12.1. The standard InChI is InChI=1S/C18H23NO3/c1-3-14(15-8-5-4-6-9-15)12-17(20)19-13-18(2,21)16-10-7-11-22-16/h4-11,14,21H,3,12-13H2,1-2H3,(H,19,20). The first-order chi connectivity index (χ1) is 10.5. The summed E-state index contributed by atoms with van der Waals surface area (Å²) < 4.78 is 5.20. The van der Waals surface area contributed by atoms with E-state index in [0.717, 1.165) is 12.0 Å². The summed E-state index contributed by atoms with van der Waals surface area (Å²) in [5, 5.41) is 13.1. The van der Waals surface area contributed by atoms with Crippen LogP contribution in [-0.2, 0) is 10.4 Å². The Morgan fingerprint density at radius 3 is 2.59 bits per heavy atom. The summed E-state index contributed by atoms with van der Waals surface area (Å²) in [4.78, 5) is 12.1. The fourth-order valence-corrected chi connectivity index (χ4v) is 2.46. The van der Waals surface area contributed by atoms with Crippen LogP contribution in [0.4, 0.5) is 0 Å². The summed E-state index contributed by atoms with van der Waals surface area (Å²) in [6.07, 6.45) is 2.81. The highest BCUT2D eigenvalue weighted by Crippen LogP contribution is 2.23. The lowest BCUT2D eigenvalue weighted by molar-refractivity contribution is -0.122. The number of rotatable bonds is 7. The van der Waals surface area contributed by atoms with Gasteiger partial charge in [-0.1, -0.05) is 37.3 Å². The van der Waals surface area contributed by atoms with Crippen LogP contribution in [0.2, 0.25) is 0 Å². The number of carbonyl (C=O) groups excluding carboxylic acids is 1. The number of hydrogen-bond acceptors (Lipinski definition) is 3. The lowest BCUT2D eigenvalue weighted by Gasteiger charge is -2.22. The number of benzene rings is 1. The van der Waals surface area contributed by atoms with Crippen molar-refractivity contribution in [3.63, 3.8) is 0 Å². The molecule has 0 aliphatic heterocycles. The van der Waals surface area contributed by atoms with Gasteiger partial charge in [-0.15, -0.1) is 0 Å². The summed E-state index contributed by atoms with van der Waals surface area (Å²) in [5.41, 5.74) is -0.0360. The first-order valence-corrected chi connectivity index (χ1v) is 7.61. The molecule has 2 atom stereocenters. The van der Waals surface area contributed by atoms with E-state index in [9.17, 15) is 9.90 Å². The highest BCUT2D eigenvalue weighted by atomic mass is 16.4. The molecule has 0 saturated carbocycles. The lowest BCUT2D eigenvalue weighted by Crippen LogP contribution is -2.38. The second-order valence-electron chi connectivity index (χ2n) is 5.75. The van der Waals surface area contributed by atoms with Gasteiger partial charge in [0.05, 0.1) is 12.8 Å². The van der Waals surface area contributed by atoms with Gasteiger partial charge in [-0.05, 0) is 37.0 Å². The summed E-state index contributed by atoms with van der Waals surface area (Å²) >= 11 is 0. The molecule has 1 aromatic heterocycles. The molecule has 0 aliphatic rings. The molecule has 118 valence electrons. The molecule has 1 heterocycles. The van der Waals surface area contributed by atoms with Crippen molar-refractivity contribution in [2.24, 2.45) is 0 Å². The minimum absolute atomic E-state index is 0.0671. The van der Waals surface area contributed by atoms with Crippen LogP contribution in [0.15, 0.2) is 53.1 Å². The van der Waals surface area contributed by atoms with Crippen molar-refractivity contribution >= 4 is 5.91 Å². The monoisotopic (exact) mass is 301 g/mol. The molecule has 0 radical (unpaired) electrons. The van der Waals surface area contributed by atoms with E-state index in [0.29, 0.717) is 12.2 Å². The van der Waals surface area contributed by atoms with Gasteiger partial charge in [0, 0.05) is 6.42 Å². The Bertz CT molecular complexity index is 576. The zero-order valence-electron chi connectivity index (χ0n) is 13.1. The minimum Gasteiger partial charge on any atom is -0.466 e. The molecule has 1 aromatic carbocycles. The molecule has 1 amide bonds. The summed E-state index contributed by atoms with van der Waals surface area (Å²) in [7, 11) is 0. The van der Waals surface area contributed by atoms with Crippen LogP contribution in [0, 0.1) is 0 Å². The van der Waals surface area contributed by atoms with E-state index in [1.165, 1.54) is 6.26 Å². The summed E-state index contributed by atoms with van der Waals surface area (Å²) in [6, 6.07) is 13.4. The molecule has 2 N–H and O–H groups in total. The topological polar surface area (TPSA) is 62.5 Å². The van der Waals surface area contributed by atoms with E-state index < -0.39 is 5.60 Å². The number of hydrogen-bond donors (Lipinski definition) is 2. The van der Waals surface area contributed by atoms with Crippen molar-refractivity contribution < 1.29 is 14.3 Å². The van der Waals surface area contributed by atoms with Gasteiger partial charge in [-0.25, -0.2) is 0 Å². The Labute approximate surface area is 131 Å². The zero-order chi connectivity index (χ0) is 16.0. The number of aliphatic hydroxyl groups is 1. The molecule has 2 unspecified atom stereocenters. The highest BCUT2D eigenvalue weighted by Gasteiger charge is 2.27. The van der Waals surface area contributed by atoms with Crippen molar-refractivity contribution in [1.82, 2.24) is 5.32 Å². The van der Waals surface area contributed by atoms with Gasteiger partial charge in [0.1, 0.15) is 11.4 Å². The van der Waals surface area contributed by atoms with E-state index in [2.05, 4.69) is 12.2 Å². The van der Waals surface area contributed by atoms with E-state index in [4.69, 9.17) is 4.42 Å². The van der Waals surface area contributed by atoms with Gasteiger partial charge < -0.3 is 14.8 Å². The molecule has 2 aromatic rings. The number of amides is 1. The third-order valence-corrected chi connectivity index (χ3v) is 3.88. The molecule has 0 fully saturated rings. The SMILES string of the molecule is CCC(CC(=O)NCC(C)(O)c1ccco1)c1ccccc1. The van der Waals surface area contributed by atoms with Crippen LogP contribution in [0.5, 0.6) is 0 Å². The Morgan fingerprint density at radius 1 is 1.27 bits per heavy atom. The maximum Gasteiger partial charge on any atom is 0.220 e. The van der Waals surface area contributed by atoms with Crippen molar-refractivity contribution in [3.05, 3.63) is 60.1 Å². The predicted octanol–water partition coefficient (Wildman–Crippen LogP) is 3.19. The van der Waals surface area contributed by atoms with Crippen LogP contribution in [-0.4, -0.2) is 17.6 Å². The Kier molecular flexibility index (Phi) is 5.39. The fourth-order valence-electron chi connectivity index (χ4n) is 2.46. The van der Waals surface area contributed by atoms with Gasteiger partial charge in [-0.2, -0.15) is 0 Å². The molecule has 0 saturated heterocycles. The average molecular weight is 301 g/mol. The zero-order valence-corrected chi connectivity index (χ0v) is 13.1. The van der Waals surface area contributed by atoms with Gasteiger partial charge in [0.2, 0.25) is 5.91 Å². The Hall–Kier alpha value is -2.07. The highest BCUT2D eigenvalue weighted by molar-refractivity contribution is 5.77. The van der Waals surface area contributed by atoms with Crippen molar-refractivity contribution in [2.75, 3.05) is 6.54 Å². The quantitative estimate of drug-likeness (QED) is 0.825. The van der Waals surface area contributed by atoms with Crippen LogP contribution in [0.1, 0.15) is 43.9 Å². The molecule has 4 heteroatoms. The molecule has 0 aliphatic carbocycles. The molecule has 4 nitrogen and oxygen atoms in total. The van der Waals surface area contributed by atoms with E-state index in [-0.39, 0.29) is 18.4 Å². The van der Waals surface area contributed by atoms with Gasteiger partial charge in [0.15, 0.2) is 0 Å². The first kappa shape index (κ1) is 16.3. The maximum atomic E-state index is 12.1. The first-order valence-electron chi connectivity index (χ1n) is 7.61. The molecular weight excluding hydrogens is 278 g/mol. The average Bonchev–Trinajstić information content (AvgIpc) is 3.07. The molecule has 0 spiro atoms. The largest absolute Gasteiger partial charge is 0.466 e. The Morgan fingerprint density at radius 2 is 2.00 bits per heavy atom. The number of nitrogens with one attached hydrogen (secondary N) is 1. The third-order valence-electron chi connectivity index (χ3n) is 3.88. The fraction of sp³-hybridized carbons (Fsp3) is 0.389. The molecular formula is C18H23NO3. The Balaban J connectivity index is 1.90. The molecule has 2 rings (SSSR count). The van der Waals surface area contributed by atoms with Gasteiger partial charge >= 0.3 is 0 Å². The number of furan rings is 1. The third kappa shape index (κ3) is 4.21. The normalized spacial score (nSPS) is 15.0. The lowest BCUT2D eigenvalue weighted by atomic mass is 9.93. The van der Waals surface area contributed by atoms with E-state index in [1.54, 1.807) is 19.1 Å². The van der Waals surface area contributed by atoms with E-state index in [1.807, 2.05) is 30.3 Å². The summed E-state index contributed by atoms with van der Waals surface area (Å²) in [5.74, 6) is 0.570. The minimum atomic E-state index is -1.20. The smallest absolute Gasteiger partial charge is 0.220 e. The number of carbonyl (C=O) groups is 1. The van der Waals surface area contributed by atoms with Crippen molar-refractivity contribution in [1.29, 1.82) is 0 Å². The second kappa shape index (κ2) is 7.27. The second-order valence-corrected chi connectivity index (χ2v) is 5.75. The van der Waals surface area contributed by atoms with Crippen molar-refractivity contribution in [2.45, 2.75) is 38.2 Å². The van der Waals surface area contributed by atoms with Crippen LogP contribution in [0.25, 0.3) is 0 Å². The molecule has 22 heavy (non-hydrogen) atoms. The van der Waals surface area contributed by atoms with Crippen molar-refractivity contribution in [3.8, 4) is 0 Å². The van der Waals surface area contributed by atoms with Crippen LogP contribution >= 0.6 is 0 Å². The van der Waals surface area contributed by atoms with E-state index >= 15 is 0 Å². The van der Waals surface area contributed by atoms with Gasteiger partial charge in [-0.3, -0.25) is 4.79 Å². The summed E-state index contributed by atoms with van der Waals surface area (Å²) in [6.45, 7) is 3.83. The molecule has 0 bridgehead atoms. The van der Waals surface area contributed by atoms with Crippen LogP contribution < -0.4 is 5.32 Å². The van der Waals surface area contributed by atoms with Gasteiger partial charge in [0.25, 0.3) is 0 Å².